The zero-order chi connectivity index (χ0) is 25.7. The summed E-state index contributed by atoms with van der Waals surface area (Å²) in [5.41, 5.74) is -1.09. The minimum Gasteiger partial charge on any atom is -0.392 e. The number of hydrogen-bond donors (Lipinski definition) is 2. The lowest BCUT2D eigenvalue weighted by molar-refractivity contribution is -0.225. The molecule has 1 heterocycles. The largest absolute Gasteiger partial charge is 0.392 e. The number of aliphatic hydroxyl groups excluding tert-OH is 1. The van der Waals surface area contributed by atoms with E-state index in [9.17, 15) is 10.2 Å². The Morgan fingerprint density at radius 2 is 1.80 bits per heavy atom. The third-order valence-corrected chi connectivity index (χ3v) is 12.4. The Labute approximate surface area is 213 Å². The summed E-state index contributed by atoms with van der Waals surface area (Å²) in [5, 5.41) is 21.2. The van der Waals surface area contributed by atoms with E-state index in [0.717, 1.165) is 25.7 Å². The van der Waals surface area contributed by atoms with Crippen molar-refractivity contribution >= 4 is 0 Å². The van der Waals surface area contributed by atoms with Gasteiger partial charge in [0.1, 0.15) is 5.60 Å². The third kappa shape index (κ3) is 3.18. The van der Waals surface area contributed by atoms with Crippen LogP contribution in [0, 0.1) is 45.3 Å². The van der Waals surface area contributed by atoms with Gasteiger partial charge in [0.25, 0.3) is 0 Å². The molecule has 2 bridgehead atoms. The van der Waals surface area contributed by atoms with E-state index in [-0.39, 0.29) is 34.1 Å². The van der Waals surface area contributed by atoms with Crippen LogP contribution >= 0.6 is 0 Å². The topological polar surface area (TPSA) is 58.9 Å². The van der Waals surface area contributed by atoms with Gasteiger partial charge < -0.3 is 19.7 Å². The fourth-order valence-corrected chi connectivity index (χ4v) is 10.2. The first-order valence-corrected chi connectivity index (χ1v) is 14.2. The molecule has 4 heteroatoms. The van der Waals surface area contributed by atoms with Crippen LogP contribution < -0.4 is 0 Å². The number of aliphatic hydroxyl groups is 2. The Bertz CT molecular complexity index is 900. The summed E-state index contributed by atoms with van der Waals surface area (Å²) < 4.78 is 13.2. The van der Waals surface area contributed by atoms with E-state index >= 15 is 0 Å². The SMILES string of the molecule is CO[C@@H]1O[C@]23C=C[C@@H]4C1(CC[C@]1(C)[C@@H]([C@H](C)C/C=C/C(C)(C)O)CC[C@@]41C)[C@@H]2CC[C@H](O)C3(C)C. The number of ether oxygens (including phenoxy) is 2. The Kier molecular flexibility index (Phi) is 5.87. The summed E-state index contributed by atoms with van der Waals surface area (Å²) in [5.74, 6) is 2.07. The lowest BCUT2D eigenvalue weighted by Crippen LogP contribution is -2.65. The molecule has 0 amide bonds. The number of hydrogen-bond acceptors (Lipinski definition) is 4. The molecule has 4 fully saturated rings. The van der Waals surface area contributed by atoms with Crippen molar-refractivity contribution in [3.05, 3.63) is 24.3 Å². The van der Waals surface area contributed by atoms with Crippen molar-refractivity contribution in [2.75, 3.05) is 7.11 Å². The molecule has 0 aromatic heterocycles. The molecule has 4 aliphatic carbocycles. The maximum absolute atomic E-state index is 11.0. The molecule has 5 aliphatic rings. The van der Waals surface area contributed by atoms with Gasteiger partial charge in [0, 0.05) is 23.9 Å². The maximum atomic E-state index is 11.0. The Morgan fingerprint density at radius 1 is 1.09 bits per heavy atom. The van der Waals surface area contributed by atoms with E-state index in [0.29, 0.717) is 23.7 Å². The number of rotatable bonds is 5. The predicted octanol–water partition coefficient (Wildman–Crippen LogP) is 6.27. The van der Waals surface area contributed by atoms with Gasteiger partial charge in [-0.1, -0.05) is 58.9 Å². The highest BCUT2D eigenvalue weighted by Gasteiger charge is 2.78. The predicted molar refractivity (Wildman–Crippen MR) is 140 cm³/mol. The van der Waals surface area contributed by atoms with Crippen LogP contribution in [0.1, 0.15) is 93.4 Å². The summed E-state index contributed by atoms with van der Waals surface area (Å²) in [6.07, 6.45) is 16.2. The molecule has 2 N–H and O–H groups in total. The second kappa shape index (κ2) is 7.91. The van der Waals surface area contributed by atoms with Crippen LogP contribution in [0.3, 0.4) is 0 Å². The van der Waals surface area contributed by atoms with Gasteiger partial charge >= 0.3 is 0 Å². The van der Waals surface area contributed by atoms with Crippen molar-refractivity contribution in [3.63, 3.8) is 0 Å². The molecule has 1 unspecified atom stereocenters. The Hall–Kier alpha value is -0.680. The minimum absolute atomic E-state index is 0.0197. The van der Waals surface area contributed by atoms with Crippen LogP contribution in [0.5, 0.6) is 0 Å². The molecule has 4 nitrogen and oxygen atoms in total. The van der Waals surface area contributed by atoms with E-state index in [1.54, 1.807) is 0 Å². The highest BCUT2D eigenvalue weighted by molar-refractivity contribution is 5.34. The summed E-state index contributed by atoms with van der Waals surface area (Å²) in [7, 11) is 1.83. The van der Waals surface area contributed by atoms with E-state index in [2.05, 4.69) is 52.8 Å². The fraction of sp³-hybridized carbons (Fsp3) is 0.871. The van der Waals surface area contributed by atoms with Gasteiger partial charge in [-0.25, -0.2) is 0 Å². The van der Waals surface area contributed by atoms with Gasteiger partial charge in [-0.05, 0) is 87.4 Å². The standard InChI is InChI=1S/C31H50O4/c1-20(10-9-15-26(2,3)33)21-13-16-29(7)22-14-17-31-23(11-12-24(32)27(31,4)5)30(22,25(34-8)35-31)19-18-28(21,29)6/h9,14-15,17,20-25,32-33H,10-13,16,18-19H2,1-8H3/b15-9+/t20-,21-,22+,23+,24+,25-,28-,29+,30?,31-/m1/s1. The van der Waals surface area contributed by atoms with E-state index < -0.39 is 11.2 Å². The summed E-state index contributed by atoms with van der Waals surface area (Å²) in [6, 6.07) is 0. The lowest BCUT2D eigenvalue weighted by atomic mass is 9.38. The van der Waals surface area contributed by atoms with Crippen molar-refractivity contribution in [1.29, 1.82) is 0 Å². The maximum Gasteiger partial charge on any atom is 0.164 e. The van der Waals surface area contributed by atoms with Crippen LogP contribution in [-0.4, -0.2) is 40.9 Å². The second-order valence-electron chi connectivity index (χ2n) is 14.5. The molecule has 1 aliphatic heterocycles. The number of allylic oxidation sites excluding steroid dienone is 2. The fourth-order valence-electron chi connectivity index (χ4n) is 10.2. The molecular formula is C31H50O4. The normalized spacial score (nSPS) is 51.2. The molecule has 0 radical (unpaired) electrons. The molecule has 10 atom stereocenters. The average Bonchev–Trinajstić information content (AvgIpc) is 3.14. The molecule has 35 heavy (non-hydrogen) atoms. The molecular weight excluding hydrogens is 436 g/mol. The first kappa shape index (κ1) is 25.9. The van der Waals surface area contributed by atoms with Crippen molar-refractivity contribution in [3.8, 4) is 0 Å². The van der Waals surface area contributed by atoms with E-state index in [4.69, 9.17) is 9.47 Å². The minimum atomic E-state index is -0.747. The quantitative estimate of drug-likeness (QED) is 0.450. The Balaban J connectivity index is 1.52. The monoisotopic (exact) mass is 486 g/mol. The zero-order valence-corrected chi connectivity index (χ0v) is 23.4. The van der Waals surface area contributed by atoms with Gasteiger partial charge in [0.15, 0.2) is 6.29 Å². The summed E-state index contributed by atoms with van der Waals surface area (Å²) >= 11 is 0. The van der Waals surface area contributed by atoms with E-state index in [1.165, 1.54) is 19.3 Å². The summed E-state index contributed by atoms with van der Waals surface area (Å²) in [4.78, 5) is 0. The molecule has 0 aromatic carbocycles. The van der Waals surface area contributed by atoms with E-state index in [1.807, 2.05) is 27.0 Å². The van der Waals surface area contributed by atoms with Crippen LogP contribution in [0.15, 0.2) is 24.3 Å². The van der Waals surface area contributed by atoms with Gasteiger partial charge in [0.05, 0.1) is 11.7 Å². The molecule has 1 saturated heterocycles. The number of fused-ring (bicyclic) bond motifs is 2. The smallest absolute Gasteiger partial charge is 0.164 e. The molecule has 3 saturated carbocycles. The van der Waals surface area contributed by atoms with Crippen molar-refractivity contribution in [1.82, 2.24) is 0 Å². The first-order valence-electron chi connectivity index (χ1n) is 14.2. The highest BCUT2D eigenvalue weighted by atomic mass is 16.7. The Morgan fingerprint density at radius 3 is 2.46 bits per heavy atom. The van der Waals surface area contributed by atoms with Crippen LogP contribution in [0.25, 0.3) is 0 Å². The average molecular weight is 487 g/mol. The third-order valence-electron chi connectivity index (χ3n) is 12.4. The molecule has 0 aromatic rings. The second-order valence-corrected chi connectivity index (χ2v) is 14.5. The first-order chi connectivity index (χ1) is 16.2. The van der Waals surface area contributed by atoms with Crippen LogP contribution in [0.2, 0.25) is 0 Å². The lowest BCUT2D eigenvalue weighted by Gasteiger charge is -2.65. The van der Waals surface area contributed by atoms with Crippen molar-refractivity contribution < 1.29 is 19.7 Å². The molecule has 5 rings (SSSR count). The molecule has 198 valence electrons. The van der Waals surface area contributed by atoms with Gasteiger partial charge in [-0.3, -0.25) is 0 Å². The van der Waals surface area contributed by atoms with Crippen LogP contribution in [-0.2, 0) is 9.47 Å². The van der Waals surface area contributed by atoms with Crippen molar-refractivity contribution in [2.24, 2.45) is 45.3 Å². The highest BCUT2D eigenvalue weighted by Crippen LogP contribution is 2.78. The van der Waals surface area contributed by atoms with Crippen molar-refractivity contribution in [2.45, 2.75) is 117 Å². The van der Waals surface area contributed by atoms with Gasteiger partial charge in [0.2, 0.25) is 0 Å². The van der Waals surface area contributed by atoms with Crippen LogP contribution in [0.4, 0.5) is 0 Å². The van der Waals surface area contributed by atoms with Gasteiger partial charge in [-0.2, -0.15) is 0 Å². The zero-order valence-electron chi connectivity index (χ0n) is 23.4. The number of methoxy groups -OCH3 is 1. The summed E-state index contributed by atoms with van der Waals surface area (Å²) in [6.45, 7) is 15.7. The van der Waals surface area contributed by atoms with Gasteiger partial charge in [-0.15, -0.1) is 0 Å². The molecule has 1 spiro atoms.